The quantitative estimate of drug-likeness (QED) is 0.0430. The molecule has 1 aliphatic heterocycles. The number of alkyl carbamates (subject to hydrolysis) is 1. The highest BCUT2D eigenvalue weighted by atomic mass is 16.6. The Hall–Kier alpha value is -9.49. The molecule has 2 aromatic carbocycles. The van der Waals surface area contributed by atoms with Crippen LogP contribution >= 0.6 is 0 Å². The predicted octanol–water partition coefficient (Wildman–Crippen LogP) is 6.31. The molecule has 3 rings (SSSR count). The molecule has 0 bridgehead atoms. The molecule has 32 nitrogen and oxygen atoms in total. The largest absolute Gasteiger partial charge is 0.465 e. The lowest BCUT2D eigenvalue weighted by Crippen LogP contribution is -2.46. The summed E-state index contributed by atoms with van der Waals surface area (Å²) in [6, 6.07) is 17.9. The third-order valence-electron chi connectivity index (χ3n) is 16.2. The molecule has 3 amide bonds. The van der Waals surface area contributed by atoms with Gasteiger partial charge < -0.3 is 38.8 Å². The van der Waals surface area contributed by atoms with Crippen molar-refractivity contribution in [1.29, 1.82) is 0 Å². The van der Waals surface area contributed by atoms with Crippen molar-refractivity contribution >= 4 is 78.7 Å². The number of carbonyl (C=O) groups is 7. The van der Waals surface area contributed by atoms with Crippen LogP contribution in [-0.2, 0) is 136 Å². The Labute approximate surface area is 655 Å². The van der Waals surface area contributed by atoms with Crippen LogP contribution in [0.2, 0.25) is 0 Å². The summed E-state index contributed by atoms with van der Waals surface area (Å²) in [6.45, 7) is 39.4. The lowest BCUT2D eigenvalue weighted by molar-refractivity contribution is -0.193. The molecule has 0 aromatic heterocycles. The van der Waals surface area contributed by atoms with Crippen LogP contribution in [0.4, 0.5) is 4.79 Å². The Kier molecular flexibility index (Phi) is 75.3. The van der Waals surface area contributed by atoms with Gasteiger partial charge in [0.1, 0.15) is 5.60 Å². The first kappa shape index (κ1) is 110. The normalized spacial score (nSPS) is 11.4. The summed E-state index contributed by atoms with van der Waals surface area (Å²) in [5.74, 6) is -1.78. The maximum atomic E-state index is 12.3. The smallest absolute Gasteiger partial charge is 0.407 e. The number of aryl methyl sites for hydroxylation is 2. The Morgan fingerprint density at radius 1 is 0.387 bits per heavy atom. The molecule has 0 saturated heterocycles. The van der Waals surface area contributed by atoms with Crippen LogP contribution in [0.25, 0.3) is 0 Å². The molecule has 1 N–H and O–H groups in total. The van der Waals surface area contributed by atoms with E-state index in [1.165, 1.54) is 33.7 Å². The molecule has 1 aliphatic rings. The van der Waals surface area contributed by atoms with Crippen LogP contribution in [0.5, 0.6) is 0 Å². The molecule has 2 unspecified atom stereocenters. The van der Waals surface area contributed by atoms with Crippen molar-refractivity contribution in [1.82, 2.24) is 39.6 Å². The summed E-state index contributed by atoms with van der Waals surface area (Å²) >= 11 is 0. The van der Waals surface area contributed by atoms with Gasteiger partial charge in [-0.1, -0.05) is 90.1 Å². The molecule has 2 aromatic rings. The first-order valence-electron chi connectivity index (χ1n) is 37.8. The van der Waals surface area contributed by atoms with E-state index in [-0.39, 0.29) is 105 Å². The molecule has 1 heterocycles. The summed E-state index contributed by atoms with van der Waals surface area (Å²) < 4.78 is 26.1. The first-order chi connectivity index (χ1) is 53.2. The number of hydrogen-bond donors (Lipinski definition) is 1. The van der Waals surface area contributed by atoms with Crippen molar-refractivity contribution in [3.05, 3.63) is 82.9 Å². The Morgan fingerprint density at radius 2 is 0.649 bits per heavy atom. The SMILES string of the molecule is CCCN(CCC)CCN(CCN(CC(=O)OCC)CC(=O)OCC)C(CC)CCCc1ccc(CCN2C(=O)C=CC2=O)cc1.CCCN(CCC)CCN(CCN(CC(=O)OCC)CC(=O)OCC)C(CC)CCCc1ccc(CCNC(=O)OC(C)(C)C)cc1.O=C=O.O=C=O.O=C=O.O=C=O.O=C=O.O=C=O. The molecule has 0 fully saturated rings. The fourth-order valence-corrected chi connectivity index (χ4v) is 11.6. The number of nitrogens with zero attached hydrogens (tertiary/aromatic N) is 7. The molecule has 0 aliphatic carbocycles. The lowest BCUT2D eigenvalue weighted by Gasteiger charge is -2.35. The molecular weight excluding hydrogens is 1440 g/mol. The number of carbonyl (C=O) groups excluding carboxylic acids is 19. The van der Waals surface area contributed by atoms with Gasteiger partial charge in [-0.3, -0.25) is 53.3 Å². The molecule has 111 heavy (non-hydrogen) atoms. The minimum atomic E-state index is -0.501. The van der Waals surface area contributed by atoms with E-state index in [9.17, 15) is 33.6 Å². The van der Waals surface area contributed by atoms with Gasteiger partial charge in [-0.05, 0) is 187 Å². The zero-order valence-corrected chi connectivity index (χ0v) is 67.8. The zero-order chi connectivity index (χ0) is 85.1. The van der Waals surface area contributed by atoms with Crippen LogP contribution in [0, 0.1) is 0 Å². The van der Waals surface area contributed by atoms with Gasteiger partial charge in [0, 0.05) is 89.7 Å². The number of hydrogen-bond acceptors (Lipinski definition) is 30. The minimum Gasteiger partial charge on any atom is -0.465 e. The van der Waals surface area contributed by atoms with Crippen LogP contribution in [0.3, 0.4) is 0 Å². The molecule has 32 heteroatoms. The van der Waals surface area contributed by atoms with Crippen molar-refractivity contribution < 1.29 is 115 Å². The summed E-state index contributed by atoms with van der Waals surface area (Å²) in [5, 5.41) is 2.83. The summed E-state index contributed by atoms with van der Waals surface area (Å²) in [7, 11) is 0. The number of amides is 3. The van der Waals surface area contributed by atoms with Crippen molar-refractivity contribution in [2.75, 3.05) is 144 Å². The van der Waals surface area contributed by atoms with Gasteiger partial charge in [0.05, 0.1) is 52.6 Å². The van der Waals surface area contributed by atoms with Gasteiger partial charge in [0.2, 0.25) is 0 Å². The van der Waals surface area contributed by atoms with Gasteiger partial charge in [-0.15, -0.1) is 0 Å². The molecular formula is C79H124N8O24. The van der Waals surface area contributed by atoms with Crippen LogP contribution in [-0.4, -0.2) is 275 Å². The maximum Gasteiger partial charge on any atom is 0.407 e. The van der Waals surface area contributed by atoms with Crippen molar-refractivity contribution in [3.8, 4) is 0 Å². The Balaban J connectivity index is -0.000000554. The second kappa shape index (κ2) is 75.9. The van der Waals surface area contributed by atoms with Gasteiger partial charge >= 0.3 is 66.9 Å². The Bertz CT molecular complexity index is 2880. The fourth-order valence-electron chi connectivity index (χ4n) is 11.6. The number of imide groups is 1. The molecule has 2 atom stereocenters. The topological polar surface area (TPSA) is 405 Å². The van der Waals surface area contributed by atoms with E-state index in [0.717, 1.165) is 154 Å². The summed E-state index contributed by atoms with van der Waals surface area (Å²) in [4.78, 5) is 198. The van der Waals surface area contributed by atoms with E-state index in [4.69, 9.17) is 81.2 Å². The van der Waals surface area contributed by atoms with E-state index in [1.54, 1.807) is 27.7 Å². The van der Waals surface area contributed by atoms with Crippen molar-refractivity contribution in [3.63, 3.8) is 0 Å². The van der Waals surface area contributed by atoms with Gasteiger partial charge in [-0.2, -0.15) is 57.5 Å². The monoisotopic (exact) mass is 1570 g/mol. The number of ether oxygens (including phenoxy) is 5. The van der Waals surface area contributed by atoms with Gasteiger partial charge in [0.15, 0.2) is 0 Å². The van der Waals surface area contributed by atoms with E-state index >= 15 is 0 Å². The van der Waals surface area contributed by atoms with E-state index < -0.39 is 5.60 Å². The van der Waals surface area contributed by atoms with Crippen molar-refractivity contribution in [2.45, 2.75) is 198 Å². The third kappa shape index (κ3) is 63.9. The molecule has 0 radical (unpaired) electrons. The molecule has 624 valence electrons. The van der Waals surface area contributed by atoms with E-state index in [1.807, 2.05) is 30.6 Å². The predicted molar refractivity (Wildman–Crippen MR) is 401 cm³/mol. The average molecular weight is 1570 g/mol. The van der Waals surface area contributed by atoms with Crippen LogP contribution in [0.1, 0.15) is 176 Å². The highest BCUT2D eigenvalue weighted by Crippen LogP contribution is 2.19. The first-order valence-corrected chi connectivity index (χ1v) is 37.8. The highest BCUT2D eigenvalue weighted by Gasteiger charge is 2.26. The Morgan fingerprint density at radius 3 is 0.901 bits per heavy atom. The second-order valence-corrected chi connectivity index (χ2v) is 25.5. The standard InChI is InChI=1S/C37H66N4O6.C36H58N4O6.6CO2/c1-9-23-39(24-10-2)25-27-41(28-26-40(29-34(42)45-12-4)30-35(43)46-13-5)33(11-3)16-14-15-31-17-19-32(20-18-31)21-22-38-36(44)47-37(6,7)8;1-6-21-37(22-7-2)24-26-39(27-25-38(28-35(43)45-9-4)29-36(44)46-10-5)32(8-3)13-11-12-30-14-16-31(17-15-30)20-23-40-33(41)18-19-34(40)42;6*2-1-3/h17-20,33H,9-16,21-30H2,1-8H3,(H,38,44);14-19,32H,6-13,20-29H2,1-5H3;;;;;;. The number of benzene rings is 2. The third-order valence-corrected chi connectivity index (χ3v) is 16.2. The molecule has 0 saturated carbocycles. The van der Waals surface area contributed by atoms with E-state index in [2.05, 4.69) is 115 Å². The number of rotatable bonds is 50. The van der Waals surface area contributed by atoms with Crippen LogP contribution < -0.4 is 5.32 Å². The lowest BCUT2D eigenvalue weighted by atomic mass is 10.0. The molecule has 0 spiro atoms. The van der Waals surface area contributed by atoms with E-state index in [0.29, 0.717) is 71.1 Å². The van der Waals surface area contributed by atoms with Crippen molar-refractivity contribution in [2.24, 2.45) is 0 Å². The second-order valence-electron chi connectivity index (χ2n) is 25.5. The zero-order valence-electron chi connectivity index (χ0n) is 67.8. The van der Waals surface area contributed by atoms with Gasteiger partial charge in [-0.25, -0.2) is 4.79 Å². The number of esters is 4. The maximum absolute atomic E-state index is 12.3. The summed E-state index contributed by atoms with van der Waals surface area (Å²) in [6.07, 6.45) is 17.9. The average Bonchev–Trinajstić information content (AvgIpc) is 1.81. The summed E-state index contributed by atoms with van der Waals surface area (Å²) in [5.41, 5.74) is 4.36. The number of nitrogens with one attached hydrogen (secondary N) is 1. The van der Waals surface area contributed by atoms with Crippen LogP contribution in [0.15, 0.2) is 60.7 Å². The van der Waals surface area contributed by atoms with Gasteiger partial charge in [0.25, 0.3) is 11.8 Å². The fraction of sp³-hybridized carbons (Fsp3) is 0.658. The highest BCUT2D eigenvalue weighted by molar-refractivity contribution is 6.12. The minimum absolute atomic E-state index is 0.0621.